The molecule has 2 aromatic carbocycles. The molecule has 4 N–H and O–H groups in total. The van der Waals surface area contributed by atoms with Crippen LogP contribution >= 0.6 is 0 Å². The highest BCUT2D eigenvalue weighted by atomic mass is 32.2. The molecule has 144 valence electrons. The molecule has 0 heterocycles. The van der Waals surface area contributed by atoms with Crippen LogP contribution in [-0.4, -0.2) is 26.9 Å². The number of nitrogens with two attached hydrogens (primary N) is 1. The molecule has 0 spiro atoms. The Kier molecular flexibility index (Phi) is 5.88. The van der Waals surface area contributed by atoms with Crippen molar-refractivity contribution < 1.29 is 17.6 Å². The molecule has 1 aliphatic carbocycles. The van der Waals surface area contributed by atoms with Gasteiger partial charge in [-0.2, -0.15) is 0 Å². The van der Waals surface area contributed by atoms with Crippen molar-refractivity contribution in [3.63, 3.8) is 0 Å². The number of rotatable bonds is 8. The van der Waals surface area contributed by atoms with Gasteiger partial charge in [-0.25, -0.2) is 17.9 Å². The molecule has 0 bridgehead atoms. The lowest BCUT2D eigenvalue weighted by Crippen LogP contribution is -2.39. The van der Waals surface area contributed by atoms with Crippen molar-refractivity contribution in [2.45, 2.75) is 36.2 Å². The van der Waals surface area contributed by atoms with Crippen LogP contribution in [0.15, 0.2) is 53.4 Å². The molecular weight excluding hydrogens is 369 g/mol. The van der Waals surface area contributed by atoms with Crippen LogP contribution in [0.5, 0.6) is 0 Å². The van der Waals surface area contributed by atoms with E-state index in [1.54, 1.807) is 24.3 Å². The Morgan fingerprint density at radius 3 is 2.30 bits per heavy atom. The topological polar surface area (TPSA) is 101 Å². The summed E-state index contributed by atoms with van der Waals surface area (Å²) in [5.74, 6) is -0.483. The summed E-state index contributed by atoms with van der Waals surface area (Å²) in [5, 5.41) is 11.3. The molecular formula is C19H22FN3O3S. The molecule has 1 amide bonds. The third-order valence-electron chi connectivity index (χ3n) is 4.40. The SMILES string of the molecule is NS(=O)(=O)c1ccc(CCN[C@H](C(=O)NC2CC2)c2ccc(F)cc2)cc1. The number of amides is 1. The highest BCUT2D eigenvalue weighted by Gasteiger charge is 2.28. The Morgan fingerprint density at radius 2 is 1.74 bits per heavy atom. The number of carbonyl (C=O) groups excluding carboxylic acids is 1. The molecule has 2 aromatic rings. The van der Waals surface area contributed by atoms with Crippen LogP contribution in [-0.2, 0) is 21.2 Å². The van der Waals surface area contributed by atoms with Gasteiger partial charge in [0.15, 0.2) is 0 Å². The minimum absolute atomic E-state index is 0.0622. The number of sulfonamides is 1. The van der Waals surface area contributed by atoms with Crippen molar-refractivity contribution in [1.29, 1.82) is 0 Å². The molecule has 0 saturated heterocycles. The molecule has 1 aliphatic rings. The second-order valence-electron chi connectivity index (χ2n) is 6.66. The van der Waals surface area contributed by atoms with Crippen molar-refractivity contribution in [3.8, 4) is 0 Å². The summed E-state index contributed by atoms with van der Waals surface area (Å²) < 4.78 is 35.8. The Bertz CT molecular complexity index is 895. The summed E-state index contributed by atoms with van der Waals surface area (Å²) in [4.78, 5) is 12.6. The first-order chi connectivity index (χ1) is 12.8. The third kappa shape index (κ3) is 5.59. The molecule has 8 heteroatoms. The number of carbonyl (C=O) groups is 1. The van der Waals surface area contributed by atoms with Crippen molar-refractivity contribution in [1.82, 2.24) is 10.6 Å². The highest BCUT2D eigenvalue weighted by molar-refractivity contribution is 7.89. The van der Waals surface area contributed by atoms with E-state index in [1.807, 2.05) is 0 Å². The van der Waals surface area contributed by atoms with Crippen LogP contribution in [0.25, 0.3) is 0 Å². The number of hydrogen-bond donors (Lipinski definition) is 3. The lowest BCUT2D eigenvalue weighted by Gasteiger charge is -2.19. The first-order valence-electron chi connectivity index (χ1n) is 8.74. The molecule has 0 unspecified atom stereocenters. The Hall–Kier alpha value is -2.29. The van der Waals surface area contributed by atoms with E-state index in [0.29, 0.717) is 18.5 Å². The summed E-state index contributed by atoms with van der Waals surface area (Å²) in [5.41, 5.74) is 1.61. The van der Waals surface area contributed by atoms with Gasteiger partial charge in [-0.3, -0.25) is 4.79 Å². The van der Waals surface area contributed by atoms with E-state index in [2.05, 4.69) is 10.6 Å². The van der Waals surface area contributed by atoms with Crippen LogP contribution in [0.1, 0.15) is 30.0 Å². The van der Waals surface area contributed by atoms with Crippen molar-refractivity contribution in [2.75, 3.05) is 6.54 Å². The van der Waals surface area contributed by atoms with Gasteiger partial charge in [-0.1, -0.05) is 24.3 Å². The first kappa shape index (κ1) is 19.5. The van der Waals surface area contributed by atoms with Crippen molar-refractivity contribution in [3.05, 3.63) is 65.5 Å². The largest absolute Gasteiger partial charge is 0.352 e. The van der Waals surface area contributed by atoms with Gasteiger partial charge in [-0.05, 0) is 54.7 Å². The molecule has 0 radical (unpaired) electrons. The van der Waals surface area contributed by atoms with Crippen LogP contribution < -0.4 is 15.8 Å². The smallest absolute Gasteiger partial charge is 0.241 e. The lowest BCUT2D eigenvalue weighted by molar-refractivity contribution is -0.123. The van der Waals surface area contributed by atoms with Gasteiger partial charge >= 0.3 is 0 Å². The zero-order valence-electron chi connectivity index (χ0n) is 14.7. The molecule has 6 nitrogen and oxygen atoms in total. The molecule has 1 atom stereocenters. The number of primary sulfonamides is 1. The van der Waals surface area contributed by atoms with Gasteiger partial charge in [0.25, 0.3) is 0 Å². The van der Waals surface area contributed by atoms with Crippen molar-refractivity contribution in [2.24, 2.45) is 5.14 Å². The average molecular weight is 391 g/mol. The highest BCUT2D eigenvalue weighted by Crippen LogP contribution is 2.21. The maximum absolute atomic E-state index is 13.2. The lowest BCUT2D eigenvalue weighted by atomic mass is 10.1. The van der Waals surface area contributed by atoms with Crippen molar-refractivity contribution >= 4 is 15.9 Å². The molecule has 0 aliphatic heterocycles. The molecule has 0 aromatic heterocycles. The van der Waals surface area contributed by atoms with Gasteiger partial charge < -0.3 is 10.6 Å². The predicted octanol–water partition coefficient (Wildman–Crippen LogP) is 1.63. The number of nitrogens with one attached hydrogen (secondary N) is 2. The normalized spacial score (nSPS) is 15.3. The average Bonchev–Trinajstić information content (AvgIpc) is 3.43. The number of halogens is 1. The molecule has 1 saturated carbocycles. The van der Waals surface area contributed by atoms with Crippen LogP contribution in [0.2, 0.25) is 0 Å². The zero-order valence-corrected chi connectivity index (χ0v) is 15.5. The summed E-state index contributed by atoms with van der Waals surface area (Å²) in [7, 11) is -3.71. The monoisotopic (exact) mass is 391 g/mol. The van der Waals surface area contributed by atoms with E-state index in [1.165, 1.54) is 24.3 Å². The fraction of sp³-hybridized carbons (Fsp3) is 0.316. The Balaban J connectivity index is 1.63. The van der Waals surface area contributed by atoms with E-state index in [9.17, 15) is 17.6 Å². The van der Waals surface area contributed by atoms with Gasteiger partial charge in [0.05, 0.1) is 4.90 Å². The predicted molar refractivity (Wildman–Crippen MR) is 99.8 cm³/mol. The molecule has 3 rings (SSSR count). The standard InChI is InChI=1S/C19H22FN3O3S/c20-15-5-3-14(4-6-15)18(19(24)23-16-7-8-16)22-12-11-13-1-9-17(10-2-13)27(21,25)26/h1-6,9-10,16,18,22H,7-8,11-12H2,(H,23,24)(H2,21,25,26)/t18-/m0/s1. The fourth-order valence-electron chi connectivity index (χ4n) is 2.74. The molecule has 27 heavy (non-hydrogen) atoms. The Morgan fingerprint density at radius 1 is 1.11 bits per heavy atom. The maximum Gasteiger partial charge on any atom is 0.241 e. The van der Waals surface area contributed by atoms with Gasteiger partial charge in [-0.15, -0.1) is 0 Å². The van der Waals surface area contributed by atoms with E-state index in [4.69, 9.17) is 5.14 Å². The minimum atomic E-state index is -3.71. The number of benzene rings is 2. The van der Waals surface area contributed by atoms with Crippen LogP contribution in [0.4, 0.5) is 4.39 Å². The summed E-state index contributed by atoms with van der Waals surface area (Å²) in [6.45, 7) is 0.495. The van der Waals surface area contributed by atoms with Crippen LogP contribution in [0.3, 0.4) is 0 Å². The quantitative estimate of drug-likeness (QED) is 0.636. The maximum atomic E-state index is 13.2. The van der Waals surface area contributed by atoms with E-state index in [-0.39, 0.29) is 22.7 Å². The minimum Gasteiger partial charge on any atom is -0.352 e. The number of hydrogen-bond acceptors (Lipinski definition) is 4. The van der Waals surface area contributed by atoms with Crippen LogP contribution in [0, 0.1) is 5.82 Å². The van der Waals surface area contributed by atoms with E-state index >= 15 is 0 Å². The zero-order chi connectivity index (χ0) is 19.4. The van der Waals surface area contributed by atoms with Gasteiger partial charge in [0, 0.05) is 12.6 Å². The summed E-state index contributed by atoms with van der Waals surface area (Å²) >= 11 is 0. The molecule has 1 fully saturated rings. The van der Waals surface area contributed by atoms with Gasteiger partial charge in [0.1, 0.15) is 11.9 Å². The van der Waals surface area contributed by atoms with E-state index in [0.717, 1.165) is 18.4 Å². The second-order valence-corrected chi connectivity index (χ2v) is 8.22. The van der Waals surface area contributed by atoms with Gasteiger partial charge in [0.2, 0.25) is 15.9 Å². The van der Waals surface area contributed by atoms with E-state index < -0.39 is 16.1 Å². The first-order valence-corrected chi connectivity index (χ1v) is 10.3. The fourth-order valence-corrected chi connectivity index (χ4v) is 3.25. The third-order valence-corrected chi connectivity index (χ3v) is 5.33. The second kappa shape index (κ2) is 8.16. The summed E-state index contributed by atoms with van der Waals surface area (Å²) in [6, 6.07) is 11.8. The Labute approximate surface area is 158 Å². The summed E-state index contributed by atoms with van der Waals surface area (Å²) in [6.07, 6.45) is 2.57.